The molecule has 0 bridgehead atoms. The molecular formula is C50H32N2O. The lowest BCUT2D eigenvalue weighted by atomic mass is 9.92. The second-order valence-corrected chi connectivity index (χ2v) is 13.4. The van der Waals surface area contributed by atoms with E-state index in [1.165, 1.54) is 5.56 Å². The first-order chi connectivity index (χ1) is 26.2. The van der Waals surface area contributed by atoms with Crippen molar-refractivity contribution in [2.24, 2.45) is 0 Å². The molecule has 0 aliphatic heterocycles. The Balaban J connectivity index is 1.23. The average molecular weight is 677 g/mol. The number of benzene rings is 8. The van der Waals surface area contributed by atoms with Gasteiger partial charge >= 0.3 is 0 Å². The average Bonchev–Trinajstić information content (AvgIpc) is 3.63. The van der Waals surface area contributed by atoms with Crippen molar-refractivity contribution < 1.29 is 4.42 Å². The molecule has 8 aromatic carbocycles. The van der Waals surface area contributed by atoms with Gasteiger partial charge in [-0.3, -0.25) is 0 Å². The second-order valence-electron chi connectivity index (χ2n) is 13.4. The summed E-state index contributed by atoms with van der Waals surface area (Å²) in [7, 11) is 0. The van der Waals surface area contributed by atoms with Crippen molar-refractivity contribution >= 4 is 32.7 Å². The highest BCUT2D eigenvalue weighted by Gasteiger charge is 2.18. The van der Waals surface area contributed by atoms with Crippen LogP contribution >= 0.6 is 0 Å². The highest BCUT2D eigenvalue weighted by atomic mass is 16.3. The van der Waals surface area contributed by atoms with Crippen LogP contribution in [0, 0.1) is 0 Å². The lowest BCUT2D eigenvalue weighted by molar-refractivity contribution is 0.669. The zero-order valence-electron chi connectivity index (χ0n) is 28.8. The number of aromatic nitrogens is 2. The molecule has 0 amide bonds. The summed E-state index contributed by atoms with van der Waals surface area (Å²) in [6.07, 6.45) is 0. The first kappa shape index (κ1) is 30.7. The molecule has 3 nitrogen and oxygen atoms in total. The normalized spacial score (nSPS) is 11.4. The van der Waals surface area contributed by atoms with Gasteiger partial charge < -0.3 is 4.42 Å². The Morgan fingerprint density at radius 2 is 0.849 bits per heavy atom. The topological polar surface area (TPSA) is 38.9 Å². The van der Waals surface area contributed by atoms with Gasteiger partial charge in [0.2, 0.25) is 0 Å². The van der Waals surface area contributed by atoms with Crippen LogP contribution in [-0.2, 0) is 0 Å². The van der Waals surface area contributed by atoms with Crippen LogP contribution in [0.5, 0.6) is 0 Å². The zero-order chi connectivity index (χ0) is 35.1. The third-order valence-corrected chi connectivity index (χ3v) is 10.1. The molecule has 53 heavy (non-hydrogen) atoms. The number of fused-ring (bicyclic) bond motifs is 4. The van der Waals surface area contributed by atoms with Crippen molar-refractivity contribution in [1.29, 1.82) is 0 Å². The first-order valence-corrected chi connectivity index (χ1v) is 17.9. The monoisotopic (exact) mass is 676 g/mol. The van der Waals surface area contributed by atoms with Gasteiger partial charge in [-0.05, 0) is 86.6 Å². The van der Waals surface area contributed by atoms with Crippen molar-refractivity contribution in [3.05, 3.63) is 194 Å². The van der Waals surface area contributed by atoms with Gasteiger partial charge in [-0.15, -0.1) is 0 Å². The minimum Gasteiger partial charge on any atom is -0.456 e. The maximum atomic E-state index is 6.33. The van der Waals surface area contributed by atoms with E-state index >= 15 is 0 Å². The van der Waals surface area contributed by atoms with Crippen LogP contribution in [-0.4, -0.2) is 9.97 Å². The molecule has 248 valence electrons. The summed E-state index contributed by atoms with van der Waals surface area (Å²) in [5, 5.41) is 4.48. The molecule has 2 aromatic heterocycles. The van der Waals surface area contributed by atoms with E-state index in [1.807, 2.05) is 18.2 Å². The molecule has 0 aliphatic rings. The van der Waals surface area contributed by atoms with Crippen LogP contribution in [0.15, 0.2) is 199 Å². The molecule has 2 heterocycles. The Morgan fingerprint density at radius 1 is 0.321 bits per heavy atom. The minimum absolute atomic E-state index is 0.689. The van der Waals surface area contributed by atoms with Gasteiger partial charge in [-0.1, -0.05) is 152 Å². The standard InChI is InChI=1S/C50H32N2O/c1-3-14-33(15-4-1)36-20-11-21-37(28-36)45-32-46(52-50(51-45)43-25-12-19-35-18-7-8-22-41(35)43)40-30-38(34-16-5-2-6-17-34)29-39(31-40)42-24-13-27-48-49(42)44-23-9-10-26-47(44)53-48/h1-32H. The van der Waals surface area contributed by atoms with Gasteiger partial charge in [0.05, 0.1) is 11.4 Å². The van der Waals surface area contributed by atoms with Gasteiger partial charge in [0.1, 0.15) is 11.2 Å². The van der Waals surface area contributed by atoms with Gasteiger partial charge in [0.25, 0.3) is 0 Å². The van der Waals surface area contributed by atoms with Crippen molar-refractivity contribution in [3.63, 3.8) is 0 Å². The molecule has 0 aliphatic carbocycles. The van der Waals surface area contributed by atoms with Gasteiger partial charge in [0.15, 0.2) is 5.82 Å². The van der Waals surface area contributed by atoms with E-state index in [0.29, 0.717) is 5.82 Å². The fraction of sp³-hybridized carbons (Fsp3) is 0. The Morgan fingerprint density at radius 3 is 1.68 bits per heavy atom. The van der Waals surface area contributed by atoms with Crippen molar-refractivity contribution in [1.82, 2.24) is 9.97 Å². The maximum Gasteiger partial charge on any atom is 0.161 e. The molecule has 0 fully saturated rings. The number of rotatable bonds is 6. The highest BCUT2D eigenvalue weighted by molar-refractivity contribution is 6.12. The summed E-state index contributed by atoms with van der Waals surface area (Å²) in [6, 6.07) is 68.1. The summed E-state index contributed by atoms with van der Waals surface area (Å²) >= 11 is 0. The Bertz CT molecular complexity index is 2940. The van der Waals surface area contributed by atoms with E-state index in [1.54, 1.807) is 0 Å². The lowest BCUT2D eigenvalue weighted by Crippen LogP contribution is -1.97. The van der Waals surface area contributed by atoms with Crippen molar-refractivity contribution in [2.75, 3.05) is 0 Å². The predicted octanol–water partition coefficient (Wildman–Crippen LogP) is 13.5. The number of hydrogen-bond donors (Lipinski definition) is 0. The fourth-order valence-electron chi connectivity index (χ4n) is 7.52. The summed E-state index contributed by atoms with van der Waals surface area (Å²) in [5.41, 5.74) is 13.3. The Labute approximate surface area is 307 Å². The number of nitrogens with zero attached hydrogens (tertiary/aromatic N) is 2. The van der Waals surface area contributed by atoms with Gasteiger partial charge in [-0.25, -0.2) is 9.97 Å². The zero-order valence-corrected chi connectivity index (χ0v) is 28.8. The van der Waals surface area contributed by atoms with Crippen LogP contribution < -0.4 is 0 Å². The number of furan rings is 1. The summed E-state index contributed by atoms with van der Waals surface area (Å²) in [6.45, 7) is 0. The smallest absolute Gasteiger partial charge is 0.161 e. The van der Waals surface area contributed by atoms with E-state index in [4.69, 9.17) is 14.4 Å². The molecule has 0 spiro atoms. The van der Waals surface area contributed by atoms with Gasteiger partial charge in [0, 0.05) is 27.5 Å². The van der Waals surface area contributed by atoms with E-state index in [9.17, 15) is 0 Å². The van der Waals surface area contributed by atoms with Crippen molar-refractivity contribution in [3.8, 4) is 67.3 Å². The molecule has 0 saturated carbocycles. The molecule has 3 heteroatoms. The first-order valence-electron chi connectivity index (χ1n) is 17.9. The molecule has 10 aromatic rings. The predicted molar refractivity (Wildman–Crippen MR) is 219 cm³/mol. The quantitative estimate of drug-likeness (QED) is 0.176. The minimum atomic E-state index is 0.689. The highest BCUT2D eigenvalue weighted by Crippen LogP contribution is 2.41. The lowest BCUT2D eigenvalue weighted by Gasteiger charge is -2.14. The molecule has 0 N–H and O–H groups in total. The molecule has 0 saturated heterocycles. The van der Waals surface area contributed by atoms with Crippen LogP contribution in [0.1, 0.15) is 0 Å². The third-order valence-electron chi connectivity index (χ3n) is 10.1. The molecule has 0 atom stereocenters. The van der Waals surface area contributed by atoms with E-state index in [-0.39, 0.29) is 0 Å². The number of para-hydroxylation sites is 1. The van der Waals surface area contributed by atoms with Crippen LogP contribution in [0.2, 0.25) is 0 Å². The fourth-order valence-corrected chi connectivity index (χ4v) is 7.52. The SMILES string of the molecule is c1ccc(-c2cccc(-c3cc(-c4cc(-c5ccccc5)cc(-c5cccc6oc7ccccc7c56)c4)nc(-c4cccc5ccccc45)n3)c2)cc1. The Hall–Kier alpha value is -7.10. The van der Waals surface area contributed by atoms with Crippen LogP contribution in [0.3, 0.4) is 0 Å². The van der Waals surface area contributed by atoms with Crippen LogP contribution in [0.4, 0.5) is 0 Å². The third kappa shape index (κ3) is 5.65. The molecule has 0 radical (unpaired) electrons. The summed E-state index contributed by atoms with van der Waals surface area (Å²) in [5.74, 6) is 0.689. The maximum absolute atomic E-state index is 6.33. The second kappa shape index (κ2) is 12.9. The summed E-state index contributed by atoms with van der Waals surface area (Å²) < 4.78 is 6.33. The van der Waals surface area contributed by atoms with Crippen LogP contribution in [0.25, 0.3) is 100.0 Å². The summed E-state index contributed by atoms with van der Waals surface area (Å²) in [4.78, 5) is 10.7. The number of hydrogen-bond acceptors (Lipinski definition) is 3. The van der Waals surface area contributed by atoms with E-state index < -0.39 is 0 Å². The Kier molecular flexibility index (Phi) is 7.47. The van der Waals surface area contributed by atoms with Gasteiger partial charge in [-0.2, -0.15) is 0 Å². The molecule has 0 unspecified atom stereocenters. The van der Waals surface area contributed by atoms with Crippen molar-refractivity contribution in [2.45, 2.75) is 0 Å². The van der Waals surface area contributed by atoms with E-state index in [2.05, 4.69) is 176 Å². The van der Waals surface area contributed by atoms with E-state index in [0.717, 1.165) is 88.6 Å². The molecular weight excluding hydrogens is 645 g/mol. The molecule has 10 rings (SSSR count). The largest absolute Gasteiger partial charge is 0.456 e.